The van der Waals surface area contributed by atoms with E-state index in [0.29, 0.717) is 5.75 Å². The van der Waals surface area contributed by atoms with Crippen molar-refractivity contribution < 1.29 is 27.1 Å². The van der Waals surface area contributed by atoms with Gasteiger partial charge in [-0.3, -0.25) is 13.9 Å². The number of amides is 2. The largest absolute Gasteiger partial charge is 0.497 e. The SMILES string of the molecule is COc1ccc(CN(C(=O)CN(c2ccc(F)cc2)S(=O)(=O)c2ccc(C)cc2)[C@H](C)C(=O)NC2CCCCC2)cc1. The third-order valence-electron chi connectivity index (χ3n) is 7.63. The Kier molecular flexibility index (Phi) is 10.2. The van der Waals surface area contributed by atoms with E-state index in [4.69, 9.17) is 4.74 Å². The lowest BCUT2D eigenvalue weighted by molar-refractivity contribution is -0.139. The minimum Gasteiger partial charge on any atom is -0.497 e. The van der Waals surface area contributed by atoms with Gasteiger partial charge in [-0.25, -0.2) is 12.8 Å². The van der Waals surface area contributed by atoms with Gasteiger partial charge in [-0.2, -0.15) is 0 Å². The fourth-order valence-electron chi connectivity index (χ4n) is 5.05. The Bertz CT molecular complexity index is 1460. The Balaban J connectivity index is 1.66. The number of carbonyl (C=O) groups excluding carboxylic acids is 2. The zero-order valence-electron chi connectivity index (χ0n) is 24.3. The average Bonchev–Trinajstić information content (AvgIpc) is 2.99. The molecule has 10 heteroatoms. The van der Waals surface area contributed by atoms with Crippen LogP contribution < -0.4 is 14.4 Å². The fourth-order valence-corrected chi connectivity index (χ4v) is 6.47. The second-order valence-electron chi connectivity index (χ2n) is 10.7. The van der Waals surface area contributed by atoms with Gasteiger partial charge in [-0.1, -0.05) is 49.1 Å². The molecular formula is C32H38FN3O5S. The lowest BCUT2D eigenvalue weighted by atomic mass is 9.95. The molecule has 4 rings (SSSR count). The van der Waals surface area contributed by atoms with Crippen LogP contribution in [0.3, 0.4) is 0 Å². The van der Waals surface area contributed by atoms with Gasteiger partial charge >= 0.3 is 0 Å². The standard InChI is InChI=1S/C32H38FN3O5S/c1-23-9-19-30(20-10-23)42(39,40)36(28-15-13-26(33)14-16-28)22-31(37)35(21-25-11-17-29(41-3)18-12-25)24(2)32(38)34-27-7-5-4-6-8-27/h9-20,24,27H,4-8,21-22H2,1-3H3,(H,34,38)/t24-/m1/s1. The molecule has 0 bridgehead atoms. The summed E-state index contributed by atoms with van der Waals surface area (Å²) in [5.41, 5.74) is 1.76. The van der Waals surface area contributed by atoms with Gasteiger partial charge < -0.3 is 15.0 Å². The molecule has 224 valence electrons. The highest BCUT2D eigenvalue weighted by Crippen LogP contribution is 2.26. The van der Waals surface area contributed by atoms with Crippen molar-refractivity contribution in [2.45, 2.75) is 69.5 Å². The fraction of sp³-hybridized carbons (Fsp3) is 0.375. The first kappa shape index (κ1) is 31.0. The van der Waals surface area contributed by atoms with Gasteiger partial charge in [0.15, 0.2) is 0 Å². The summed E-state index contributed by atoms with van der Waals surface area (Å²) in [6.07, 6.45) is 4.99. The second-order valence-corrected chi connectivity index (χ2v) is 12.6. The Labute approximate surface area is 247 Å². The molecule has 3 aromatic carbocycles. The molecule has 2 amide bonds. The summed E-state index contributed by atoms with van der Waals surface area (Å²) in [5.74, 6) is -0.756. The number of halogens is 1. The summed E-state index contributed by atoms with van der Waals surface area (Å²) in [4.78, 5) is 28.8. The van der Waals surface area contributed by atoms with Gasteiger partial charge in [0.2, 0.25) is 11.8 Å². The van der Waals surface area contributed by atoms with E-state index in [1.807, 2.05) is 6.92 Å². The molecule has 0 radical (unpaired) electrons. The monoisotopic (exact) mass is 595 g/mol. The smallest absolute Gasteiger partial charge is 0.264 e. The minimum atomic E-state index is -4.22. The zero-order chi connectivity index (χ0) is 30.3. The number of anilines is 1. The average molecular weight is 596 g/mol. The Morgan fingerprint density at radius 1 is 0.952 bits per heavy atom. The molecule has 1 fully saturated rings. The molecule has 1 aliphatic rings. The molecule has 1 saturated carbocycles. The van der Waals surface area contributed by atoms with Crippen molar-refractivity contribution in [1.82, 2.24) is 10.2 Å². The molecule has 3 aromatic rings. The van der Waals surface area contributed by atoms with Crippen molar-refractivity contribution in [1.29, 1.82) is 0 Å². The van der Waals surface area contributed by atoms with Crippen LogP contribution in [0.15, 0.2) is 77.7 Å². The van der Waals surface area contributed by atoms with Gasteiger partial charge in [-0.05, 0) is 80.8 Å². The van der Waals surface area contributed by atoms with Crippen molar-refractivity contribution in [3.05, 3.63) is 89.7 Å². The van der Waals surface area contributed by atoms with E-state index in [1.54, 1.807) is 50.4 Å². The maximum atomic E-state index is 14.0. The molecule has 0 spiro atoms. The number of ether oxygens (including phenoxy) is 1. The first-order valence-electron chi connectivity index (χ1n) is 14.2. The molecule has 42 heavy (non-hydrogen) atoms. The molecule has 0 aromatic heterocycles. The van der Waals surface area contributed by atoms with Crippen molar-refractivity contribution >= 4 is 27.5 Å². The lowest BCUT2D eigenvalue weighted by Gasteiger charge is -2.33. The molecule has 1 atom stereocenters. The second kappa shape index (κ2) is 13.8. The van der Waals surface area contributed by atoms with E-state index in [0.717, 1.165) is 59.7 Å². The molecule has 1 aliphatic carbocycles. The molecule has 0 aliphatic heterocycles. The predicted octanol–water partition coefficient (Wildman–Crippen LogP) is 5.20. The Morgan fingerprint density at radius 2 is 1.57 bits per heavy atom. The number of aryl methyl sites for hydroxylation is 1. The van der Waals surface area contributed by atoms with E-state index < -0.39 is 34.3 Å². The highest BCUT2D eigenvalue weighted by atomic mass is 32.2. The number of hydrogen-bond acceptors (Lipinski definition) is 5. The van der Waals surface area contributed by atoms with Gasteiger partial charge in [0.05, 0.1) is 17.7 Å². The first-order chi connectivity index (χ1) is 20.1. The summed E-state index contributed by atoms with van der Waals surface area (Å²) >= 11 is 0. The maximum Gasteiger partial charge on any atom is 0.264 e. The van der Waals surface area contributed by atoms with Crippen LogP contribution >= 0.6 is 0 Å². The summed E-state index contributed by atoms with van der Waals surface area (Å²) < 4.78 is 47.7. The quantitative estimate of drug-likeness (QED) is 0.329. The van der Waals surface area contributed by atoms with Gasteiger partial charge in [0.1, 0.15) is 24.2 Å². The topological polar surface area (TPSA) is 96.0 Å². The van der Waals surface area contributed by atoms with Crippen molar-refractivity contribution in [3.8, 4) is 5.75 Å². The van der Waals surface area contributed by atoms with Crippen LogP contribution in [0.5, 0.6) is 5.75 Å². The Hall–Kier alpha value is -3.92. The summed E-state index contributed by atoms with van der Waals surface area (Å²) in [5, 5.41) is 3.08. The predicted molar refractivity (Wildman–Crippen MR) is 160 cm³/mol. The van der Waals surface area contributed by atoms with Gasteiger partial charge in [-0.15, -0.1) is 0 Å². The molecule has 0 unspecified atom stereocenters. The van der Waals surface area contributed by atoms with Crippen LogP contribution in [0.1, 0.15) is 50.2 Å². The summed E-state index contributed by atoms with van der Waals surface area (Å²) in [6, 6.07) is 17.5. The molecule has 0 saturated heterocycles. The molecule has 0 heterocycles. The highest BCUT2D eigenvalue weighted by Gasteiger charge is 2.33. The van der Waals surface area contributed by atoms with Crippen molar-refractivity contribution in [2.75, 3.05) is 18.0 Å². The number of hydrogen-bond donors (Lipinski definition) is 1. The van der Waals surface area contributed by atoms with E-state index >= 15 is 0 Å². The number of benzene rings is 3. The highest BCUT2D eigenvalue weighted by molar-refractivity contribution is 7.92. The third-order valence-corrected chi connectivity index (χ3v) is 9.42. The van der Waals surface area contributed by atoms with Crippen LogP contribution in [0.25, 0.3) is 0 Å². The lowest BCUT2D eigenvalue weighted by Crippen LogP contribution is -2.53. The number of nitrogens with one attached hydrogen (secondary N) is 1. The third kappa shape index (κ3) is 7.67. The number of rotatable bonds is 11. The van der Waals surface area contributed by atoms with Crippen molar-refractivity contribution in [3.63, 3.8) is 0 Å². The van der Waals surface area contributed by atoms with E-state index in [9.17, 15) is 22.4 Å². The van der Waals surface area contributed by atoms with Crippen LogP contribution in [0, 0.1) is 12.7 Å². The molecule has 8 nitrogen and oxygen atoms in total. The van der Waals surface area contributed by atoms with Gasteiger partial charge in [0, 0.05) is 12.6 Å². The number of sulfonamides is 1. The molecule has 1 N–H and O–H groups in total. The van der Waals surface area contributed by atoms with Crippen molar-refractivity contribution in [2.24, 2.45) is 0 Å². The van der Waals surface area contributed by atoms with E-state index in [2.05, 4.69) is 5.32 Å². The van der Waals surface area contributed by atoms with E-state index in [1.165, 1.54) is 29.2 Å². The summed E-state index contributed by atoms with van der Waals surface area (Å²) in [7, 11) is -2.66. The number of methoxy groups -OCH3 is 1. The number of carbonyl (C=O) groups is 2. The van der Waals surface area contributed by atoms with Crippen LogP contribution in [0.2, 0.25) is 0 Å². The maximum absolute atomic E-state index is 14.0. The summed E-state index contributed by atoms with van der Waals surface area (Å²) in [6.45, 7) is 2.98. The zero-order valence-corrected chi connectivity index (χ0v) is 25.1. The van der Waals surface area contributed by atoms with Crippen LogP contribution in [-0.2, 0) is 26.2 Å². The normalized spacial score (nSPS) is 14.6. The van der Waals surface area contributed by atoms with Crippen LogP contribution in [-0.4, -0.2) is 50.9 Å². The first-order valence-corrected chi connectivity index (χ1v) is 15.6. The van der Waals surface area contributed by atoms with E-state index in [-0.39, 0.29) is 29.1 Å². The Morgan fingerprint density at radius 3 is 2.17 bits per heavy atom. The molecular weight excluding hydrogens is 557 g/mol. The van der Waals surface area contributed by atoms with Gasteiger partial charge in [0.25, 0.3) is 10.0 Å². The minimum absolute atomic E-state index is 0.00461. The van der Waals surface area contributed by atoms with Crippen LogP contribution in [0.4, 0.5) is 10.1 Å². The number of nitrogens with zero attached hydrogens (tertiary/aromatic N) is 2.